The maximum atomic E-state index is 10.9. The number of pyridine rings is 1. The molecular weight excluding hydrogens is 222 g/mol. The zero-order chi connectivity index (χ0) is 13.0. The van der Waals surface area contributed by atoms with Crippen LogP contribution in [-0.2, 0) is 0 Å². The summed E-state index contributed by atoms with van der Waals surface area (Å²) in [5.41, 5.74) is 5.69. The summed E-state index contributed by atoms with van der Waals surface area (Å²) in [6.45, 7) is 4.25. The summed E-state index contributed by atoms with van der Waals surface area (Å²) in [5.74, 6) is -0.584. The second kappa shape index (κ2) is 5.49. The molecule has 1 aromatic rings. The van der Waals surface area contributed by atoms with E-state index in [-0.39, 0.29) is 23.9 Å². The Kier molecular flexibility index (Phi) is 4.28. The van der Waals surface area contributed by atoms with Crippen LogP contribution in [0.3, 0.4) is 0 Å². The van der Waals surface area contributed by atoms with Crippen molar-refractivity contribution < 1.29 is 15.0 Å². The third-order valence-electron chi connectivity index (χ3n) is 2.41. The first-order chi connectivity index (χ1) is 7.97. The molecule has 0 saturated carbocycles. The molecule has 0 aromatic carbocycles. The van der Waals surface area contributed by atoms with Crippen molar-refractivity contribution in [1.82, 2.24) is 4.98 Å². The van der Waals surface area contributed by atoms with Gasteiger partial charge in [0.2, 0.25) is 0 Å². The third kappa shape index (κ3) is 3.07. The van der Waals surface area contributed by atoms with Gasteiger partial charge < -0.3 is 20.8 Å². The van der Waals surface area contributed by atoms with Gasteiger partial charge in [-0.25, -0.2) is 9.78 Å². The van der Waals surface area contributed by atoms with Crippen LogP contribution in [0.2, 0.25) is 0 Å². The van der Waals surface area contributed by atoms with Crippen LogP contribution < -0.4 is 10.6 Å². The van der Waals surface area contributed by atoms with Crippen LogP contribution in [0.25, 0.3) is 0 Å². The number of hydrogen-bond donors (Lipinski definition) is 3. The highest BCUT2D eigenvalue weighted by molar-refractivity contribution is 5.94. The number of aromatic carboxylic acids is 1. The predicted molar refractivity (Wildman–Crippen MR) is 65.2 cm³/mol. The van der Waals surface area contributed by atoms with Crippen molar-refractivity contribution in [1.29, 1.82) is 0 Å². The number of carbonyl (C=O) groups is 1. The molecular formula is C11H17N3O3. The monoisotopic (exact) mass is 239 g/mol. The Labute approximate surface area is 99.7 Å². The number of aromatic nitrogens is 1. The fraction of sp³-hybridized carbons (Fsp3) is 0.455. The highest BCUT2D eigenvalue weighted by Gasteiger charge is 2.15. The summed E-state index contributed by atoms with van der Waals surface area (Å²) < 4.78 is 0. The molecule has 0 fully saturated rings. The van der Waals surface area contributed by atoms with Crippen LogP contribution in [-0.4, -0.2) is 40.4 Å². The van der Waals surface area contributed by atoms with Gasteiger partial charge in [0.1, 0.15) is 5.82 Å². The Morgan fingerprint density at radius 1 is 1.59 bits per heavy atom. The Hall–Kier alpha value is -1.82. The van der Waals surface area contributed by atoms with E-state index >= 15 is 0 Å². The number of aliphatic hydroxyl groups is 1. The van der Waals surface area contributed by atoms with Crippen molar-refractivity contribution >= 4 is 17.5 Å². The summed E-state index contributed by atoms with van der Waals surface area (Å²) in [4.78, 5) is 16.8. The van der Waals surface area contributed by atoms with E-state index in [9.17, 15) is 4.79 Å². The summed E-state index contributed by atoms with van der Waals surface area (Å²) in [6.07, 6.45) is 1.32. The van der Waals surface area contributed by atoms with Crippen LogP contribution in [0.5, 0.6) is 0 Å². The first-order valence-corrected chi connectivity index (χ1v) is 5.33. The first kappa shape index (κ1) is 13.2. The number of nitrogen functional groups attached to an aromatic ring is 1. The van der Waals surface area contributed by atoms with E-state index in [1.807, 2.05) is 18.7 Å². The molecule has 0 radical (unpaired) electrons. The molecule has 0 atom stereocenters. The van der Waals surface area contributed by atoms with Crippen LogP contribution in [0.4, 0.5) is 11.5 Å². The molecule has 6 nitrogen and oxygen atoms in total. The van der Waals surface area contributed by atoms with Gasteiger partial charge in [0.05, 0.1) is 24.1 Å². The van der Waals surface area contributed by atoms with Gasteiger partial charge >= 0.3 is 5.97 Å². The van der Waals surface area contributed by atoms with E-state index in [1.54, 1.807) is 0 Å². The minimum Gasteiger partial charge on any atom is -0.478 e. The van der Waals surface area contributed by atoms with Crippen LogP contribution in [0.15, 0.2) is 12.3 Å². The molecule has 0 aliphatic heterocycles. The van der Waals surface area contributed by atoms with Gasteiger partial charge in [-0.2, -0.15) is 0 Å². The van der Waals surface area contributed by atoms with E-state index < -0.39 is 5.97 Å². The molecule has 0 aliphatic carbocycles. The zero-order valence-corrected chi connectivity index (χ0v) is 9.92. The zero-order valence-electron chi connectivity index (χ0n) is 9.92. The van der Waals surface area contributed by atoms with Crippen LogP contribution in [0, 0.1) is 0 Å². The summed E-state index contributed by atoms with van der Waals surface area (Å²) in [7, 11) is 0. The number of anilines is 2. The minimum atomic E-state index is -1.08. The molecule has 1 heterocycles. The molecule has 94 valence electrons. The van der Waals surface area contributed by atoms with Crippen LogP contribution >= 0.6 is 0 Å². The first-order valence-electron chi connectivity index (χ1n) is 5.33. The number of carboxylic acid groups (broad SMARTS) is 1. The van der Waals surface area contributed by atoms with Gasteiger partial charge in [0.25, 0.3) is 0 Å². The van der Waals surface area contributed by atoms with Gasteiger partial charge in [-0.3, -0.25) is 0 Å². The average Bonchev–Trinajstić information content (AvgIpc) is 2.26. The lowest BCUT2D eigenvalue weighted by Crippen LogP contribution is -2.34. The van der Waals surface area contributed by atoms with E-state index in [4.69, 9.17) is 15.9 Å². The van der Waals surface area contributed by atoms with Gasteiger partial charge in [0, 0.05) is 12.6 Å². The van der Waals surface area contributed by atoms with E-state index in [1.165, 1.54) is 12.3 Å². The van der Waals surface area contributed by atoms with Crippen molar-refractivity contribution in [3.8, 4) is 0 Å². The smallest absolute Gasteiger partial charge is 0.337 e. The summed E-state index contributed by atoms with van der Waals surface area (Å²) in [5, 5.41) is 17.9. The van der Waals surface area contributed by atoms with E-state index in [2.05, 4.69) is 4.98 Å². The largest absolute Gasteiger partial charge is 0.478 e. The van der Waals surface area contributed by atoms with Crippen molar-refractivity contribution in [2.75, 3.05) is 23.8 Å². The van der Waals surface area contributed by atoms with Gasteiger partial charge in [-0.15, -0.1) is 0 Å². The van der Waals surface area contributed by atoms with Crippen LogP contribution in [0.1, 0.15) is 24.2 Å². The summed E-state index contributed by atoms with van der Waals surface area (Å²) >= 11 is 0. The Morgan fingerprint density at radius 3 is 2.71 bits per heavy atom. The Morgan fingerprint density at radius 2 is 2.24 bits per heavy atom. The fourth-order valence-corrected chi connectivity index (χ4v) is 1.54. The molecule has 1 aromatic heterocycles. The van der Waals surface area contributed by atoms with Crippen molar-refractivity contribution in [2.24, 2.45) is 0 Å². The Bertz CT molecular complexity index is 407. The quantitative estimate of drug-likeness (QED) is 0.694. The fourth-order valence-electron chi connectivity index (χ4n) is 1.54. The SMILES string of the molecule is CC(C)N(CCO)c1cc(C(=O)O)c(N)cn1. The normalized spacial score (nSPS) is 10.6. The molecule has 0 aliphatic rings. The molecule has 6 heteroatoms. The summed E-state index contributed by atoms with van der Waals surface area (Å²) in [6, 6.07) is 1.53. The number of hydrogen-bond acceptors (Lipinski definition) is 5. The molecule has 0 saturated heterocycles. The number of aliphatic hydroxyl groups excluding tert-OH is 1. The van der Waals surface area contributed by atoms with Gasteiger partial charge in [-0.05, 0) is 19.9 Å². The molecule has 0 spiro atoms. The van der Waals surface area contributed by atoms with Crippen molar-refractivity contribution in [3.05, 3.63) is 17.8 Å². The number of nitrogens with two attached hydrogens (primary N) is 1. The Balaban J connectivity index is 3.12. The standard InChI is InChI=1S/C11H17N3O3/c1-7(2)14(3-4-15)10-5-8(11(16)17)9(12)6-13-10/h5-7,15H,3-4,12H2,1-2H3,(H,16,17). The lowest BCUT2D eigenvalue weighted by Gasteiger charge is -2.27. The molecule has 0 unspecified atom stereocenters. The lowest BCUT2D eigenvalue weighted by molar-refractivity contribution is 0.0698. The maximum absolute atomic E-state index is 10.9. The van der Waals surface area contributed by atoms with E-state index in [0.29, 0.717) is 12.4 Å². The maximum Gasteiger partial charge on any atom is 0.337 e. The average molecular weight is 239 g/mol. The second-order valence-corrected chi connectivity index (χ2v) is 3.95. The molecule has 1 rings (SSSR count). The number of rotatable bonds is 5. The molecule has 17 heavy (non-hydrogen) atoms. The van der Waals surface area contributed by atoms with Gasteiger partial charge in [-0.1, -0.05) is 0 Å². The second-order valence-electron chi connectivity index (χ2n) is 3.95. The van der Waals surface area contributed by atoms with Crippen molar-refractivity contribution in [2.45, 2.75) is 19.9 Å². The highest BCUT2D eigenvalue weighted by Crippen LogP contribution is 2.19. The molecule has 0 amide bonds. The number of carboxylic acids is 1. The predicted octanol–water partition coefficient (Wildman–Crippen LogP) is 0.569. The molecule has 4 N–H and O–H groups in total. The topological polar surface area (TPSA) is 99.7 Å². The van der Waals surface area contributed by atoms with Gasteiger partial charge in [0.15, 0.2) is 0 Å². The lowest BCUT2D eigenvalue weighted by atomic mass is 10.2. The highest BCUT2D eigenvalue weighted by atomic mass is 16.4. The minimum absolute atomic E-state index is 0.0212. The third-order valence-corrected chi connectivity index (χ3v) is 2.41. The van der Waals surface area contributed by atoms with Crippen molar-refractivity contribution in [3.63, 3.8) is 0 Å². The number of nitrogens with zero attached hydrogens (tertiary/aromatic N) is 2. The van der Waals surface area contributed by atoms with E-state index in [0.717, 1.165) is 0 Å². The molecule has 0 bridgehead atoms.